The molecule has 3 heteroatoms. The highest BCUT2D eigenvalue weighted by atomic mass is 16.5. The van der Waals surface area contributed by atoms with Crippen LogP contribution in [0.4, 0.5) is 0 Å². The van der Waals surface area contributed by atoms with Crippen LogP contribution >= 0.6 is 0 Å². The molecule has 1 saturated carbocycles. The maximum atomic E-state index is 5.64. The standard InChI is InChI=1S/C12H12N2O/c1-2-7-11-9(4-1)8-13-12(14-11)15-10-5-3-6-10/h1-2,4,7-8,10H,3,5-6H2. The highest BCUT2D eigenvalue weighted by Crippen LogP contribution is 2.23. The van der Waals surface area contributed by atoms with Gasteiger partial charge in [0.05, 0.1) is 5.52 Å². The molecule has 0 bridgehead atoms. The van der Waals surface area contributed by atoms with E-state index < -0.39 is 0 Å². The van der Waals surface area contributed by atoms with E-state index in [0.717, 1.165) is 23.7 Å². The van der Waals surface area contributed by atoms with E-state index in [4.69, 9.17) is 4.74 Å². The number of nitrogens with zero attached hydrogens (tertiary/aromatic N) is 2. The van der Waals surface area contributed by atoms with Crippen molar-refractivity contribution in [2.24, 2.45) is 0 Å². The monoisotopic (exact) mass is 200 g/mol. The van der Waals surface area contributed by atoms with Gasteiger partial charge in [-0.2, -0.15) is 4.98 Å². The molecule has 0 aliphatic heterocycles. The SMILES string of the molecule is c1ccc2nc(OC3CCC3)ncc2c1. The zero-order valence-corrected chi connectivity index (χ0v) is 8.39. The zero-order chi connectivity index (χ0) is 10.1. The highest BCUT2D eigenvalue weighted by molar-refractivity contribution is 5.77. The summed E-state index contributed by atoms with van der Waals surface area (Å²) < 4.78 is 5.64. The summed E-state index contributed by atoms with van der Waals surface area (Å²) in [6, 6.07) is 8.45. The second-order valence-electron chi connectivity index (χ2n) is 3.88. The third-order valence-electron chi connectivity index (χ3n) is 2.79. The Morgan fingerprint density at radius 3 is 2.87 bits per heavy atom. The Bertz CT molecular complexity index is 480. The summed E-state index contributed by atoms with van der Waals surface area (Å²) in [5.74, 6) is 0. The van der Waals surface area contributed by atoms with Crippen LogP contribution in [-0.2, 0) is 0 Å². The van der Waals surface area contributed by atoms with Crippen molar-refractivity contribution in [2.45, 2.75) is 25.4 Å². The van der Waals surface area contributed by atoms with Crippen molar-refractivity contribution in [3.8, 4) is 6.01 Å². The second-order valence-corrected chi connectivity index (χ2v) is 3.88. The van der Waals surface area contributed by atoms with E-state index in [1.807, 2.05) is 30.5 Å². The lowest BCUT2D eigenvalue weighted by Gasteiger charge is -2.24. The number of para-hydroxylation sites is 1. The molecule has 0 radical (unpaired) electrons. The molecule has 3 nitrogen and oxygen atoms in total. The number of fused-ring (bicyclic) bond motifs is 1. The molecule has 1 aliphatic carbocycles. The number of aromatic nitrogens is 2. The number of ether oxygens (including phenoxy) is 1. The highest BCUT2D eigenvalue weighted by Gasteiger charge is 2.20. The molecule has 1 fully saturated rings. The fraction of sp³-hybridized carbons (Fsp3) is 0.333. The molecule has 0 atom stereocenters. The van der Waals surface area contributed by atoms with Crippen molar-refractivity contribution in [2.75, 3.05) is 0 Å². The first-order valence-electron chi connectivity index (χ1n) is 5.30. The maximum Gasteiger partial charge on any atom is 0.317 e. The fourth-order valence-electron chi connectivity index (χ4n) is 1.65. The predicted molar refractivity (Wildman–Crippen MR) is 57.8 cm³/mol. The van der Waals surface area contributed by atoms with Crippen molar-refractivity contribution >= 4 is 10.9 Å². The minimum Gasteiger partial charge on any atom is -0.460 e. The van der Waals surface area contributed by atoms with Gasteiger partial charge in [-0.15, -0.1) is 0 Å². The van der Waals surface area contributed by atoms with Crippen LogP contribution in [0.2, 0.25) is 0 Å². The first-order valence-corrected chi connectivity index (χ1v) is 5.30. The molecule has 1 aromatic heterocycles. The lowest BCUT2D eigenvalue weighted by molar-refractivity contribution is 0.109. The molecule has 0 saturated heterocycles. The molecule has 3 rings (SSSR count). The van der Waals surface area contributed by atoms with Gasteiger partial charge >= 0.3 is 6.01 Å². The van der Waals surface area contributed by atoms with Crippen LogP contribution in [0.5, 0.6) is 6.01 Å². The quantitative estimate of drug-likeness (QED) is 0.747. The van der Waals surface area contributed by atoms with Gasteiger partial charge in [-0.25, -0.2) is 4.98 Å². The van der Waals surface area contributed by atoms with Crippen LogP contribution in [0.1, 0.15) is 19.3 Å². The van der Waals surface area contributed by atoms with Gasteiger partial charge in [-0.3, -0.25) is 0 Å². The minimum absolute atomic E-state index is 0.339. The second kappa shape index (κ2) is 3.50. The fourth-order valence-corrected chi connectivity index (χ4v) is 1.65. The molecule has 2 aromatic rings. The van der Waals surface area contributed by atoms with E-state index >= 15 is 0 Å². The number of rotatable bonds is 2. The molecular formula is C12H12N2O. The summed E-state index contributed by atoms with van der Waals surface area (Å²) in [5.41, 5.74) is 0.946. The average Bonchev–Trinajstić information content (AvgIpc) is 2.23. The molecule has 1 aromatic carbocycles. The van der Waals surface area contributed by atoms with Crippen molar-refractivity contribution in [1.29, 1.82) is 0 Å². The molecular weight excluding hydrogens is 188 g/mol. The summed E-state index contributed by atoms with van der Waals surface area (Å²) in [5, 5.41) is 1.05. The third kappa shape index (κ3) is 1.65. The van der Waals surface area contributed by atoms with Crippen LogP contribution in [-0.4, -0.2) is 16.1 Å². The zero-order valence-electron chi connectivity index (χ0n) is 8.39. The lowest BCUT2D eigenvalue weighted by Crippen LogP contribution is -2.25. The summed E-state index contributed by atoms with van der Waals surface area (Å²) in [6.07, 6.45) is 5.69. The van der Waals surface area contributed by atoms with Crippen LogP contribution < -0.4 is 4.74 Å². The Morgan fingerprint density at radius 1 is 1.20 bits per heavy atom. The van der Waals surface area contributed by atoms with Crippen LogP contribution in [0.15, 0.2) is 30.5 Å². The molecule has 0 unspecified atom stereocenters. The van der Waals surface area contributed by atoms with Gasteiger partial charge in [0.2, 0.25) is 0 Å². The van der Waals surface area contributed by atoms with Crippen LogP contribution in [0.25, 0.3) is 10.9 Å². The summed E-state index contributed by atoms with van der Waals surface area (Å²) in [7, 11) is 0. The van der Waals surface area contributed by atoms with Gasteiger partial charge in [-0.05, 0) is 25.3 Å². The molecule has 76 valence electrons. The molecule has 0 amide bonds. The first-order chi connectivity index (χ1) is 7.42. The summed E-state index contributed by atoms with van der Waals surface area (Å²) in [6.45, 7) is 0. The maximum absolute atomic E-state index is 5.64. The van der Waals surface area contributed by atoms with E-state index in [0.29, 0.717) is 12.1 Å². The molecule has 1 heterocycles. The largest absolute Gasteiger partial charge is 0.460 e. The van der Waals surface area contributed by atoms with Gasteiger partial charge < -0.3 is 4.74 Å². The number of hydrogen-bond acceptors (Lipinski definition) is 3. The Hall–Kier alpha value is -1.64. The smallest absolute Gasteiger partial charge is 0.317 e. The molecule has 15 heavy (non-hydrogen) atoms. The van der Waals surface area contributed by atoms with Crippen molar-refractivity contribution < 1.29 is 4.74 Å². The molecule has 0 spiro atoms. The molecule has 1 aliphatic rings. The van der Waals surface area contributed by atoms with Crippen LogP contribution in [0, 0.1) is 0 Å². The van der Waals surface area contributed by atoms with Gasteiger partial charge in [0, 0.05) is 11.6 Å². The van der Waals surface area contributed by atoms with Crippen LogP contribution in [0.3, 0.4) is 0 Å². The Kier molecular flexibility index (Phi) is 2.02. The van der Waals surface area contributed by atoms with Gasteiger partial charge in [0.25, 0.3) is 0 Å². The Labute approximate surface area is 88.1 Å². The van der Waals surface area contributed by atoms with E-state index in [-0.39, 0.29) is 0 Å². The predicted octanol–water partition coefficient (Wildman–Crippen LogP) is 2.56. The Morgan fingerprint density at radius 2 is 2.07 bits per heavy atom. The van der Waals surface area contributed by atoms with Crippen molar-refractivity contribution in [1.82, 2.24) is 9.97 Å². The van der Waals surface area contributed by atoms with Gasteiger partial charge in [-0.1, -0.05) is 18.2 Å². The van der Waals surface area contributed by atoms with Crippen molar-refractivity contribution in [3.05, 3.63) is 30.5 Å². The lowest BCUT2D eigenvalue weighted by atomic mass is 9.96. The van der Waals surface area contributed by atoms with E-state index in [1.165, 1.54) is 6.42 Å². The van der Waals surface area contributed by atoms with Gasteiger partial charge in [0.15, 0.2) is 0 Å². The van der Waals surface area contributed by atoms with Crippen molar-refractivity contribution in [3.63, 3.8) is 0 Å². The van der Waals surface area contributed by atoms with Gasteiger partial charge in [0.1, 0.15) is 6.10 Å². The normalized spacial score (nSPS) is 16.3. The third-order valence-corrected chi connectivity index (χ3v) is 2.79. The average molecular weight is 200 g/mol. The summed E-state index contributed by atoms with van der Waals surface area (Å²) >= 11 is 0. The van der Waals surface area contributed by atoms with E-state index in [1.54, 1.807) is 0 Å². The van der Waals surface area contributed by atoms with E-state index in [2.05, 4.69) is 9.97 Å². The Balaban J connectivity index is 1.91. The topological polar surface area (TPSA) is 35.0 Å². The summed E-state index contributed by atoms with van der Waals surface area (Å²) in [4.78, 5) is 8.56. The van der Waals surface area contributed by atoms with E-state index in [9.17, 15) is 0 Å². The number of benzene rings is 1. The minimum atomic E-state index is 0.339. The number of hydrogen-bond donors (Lipinski definition) is 0. The molecule has 0 N–H and O–H groups in total. The first kappa shape index (κ1) is 8.65.